The van der Waals surface area contributed by atoms with Gasteiger partial charge < -0.3 is 9.72 Å². The lowest BCUT2D eigenvalue weighted by atomic mass is 10.0. The summed E-state index contributed by atoms with van der Waals surface area (Å²) in [7, 11) is -8.51. The number of aromatic amines is 1. The van der Waals surface area contributed by atoms with Gasteiger partial charge in [0.15, 0.2) is 5.78 Å². The summed E-state index contributed by atoms with van der Waals surface area (Å²) < 4.78 is 70.9. The van der Waals surface area contributed by atoms with Crippen molar-refractivity contribution >= 4 is 54.4 Å². The predicted molar refractivity (Wildman–Crippen MR) is 104 cm³/mol. The highest BCUT2D eigenvalue weighted by Crippen LogP contribution is 3.02. The van der Waals surface area contributed by atoms with Crippen LogP contribution in [0.15, 0.2) is 47.5 Å². The third-order valence-electron chi connectivity index (χ3n) is 4.06. The van der Waals surface area contributed by atoms with E-state index in [2.05, 4.69) is 20.9 Å². The van der Waals surface area contributed by atoms with Crippen LogP contribution < -0.4 is 4.74 Å². The second kappa shape index (κ2) is 6.11. The topological polar surface area (TPSA) is 42.1 Å². The zero-order valence-electron chi connectivity index (χ0n) is 14.0. The van der Waals surface area contributed by atoms with Crippen LogP contribution in [0.4, 0.5) is 19.4 Å². The van der Waals surface area contributed by atoms with Crippen molar-refractivity contribution in [1.82, 2.24) is 4.98 Å². The van der Waals surface area contributed by atoms with Crippen molar-refractivity contribution in [2.75, 3.05) is 7.11 Å². The molecular formula is C17H12BrClF5NO2S. The van der Waals surface area contributed by atoms with Gasteiger partial charge >= 0.3 is 10.2 Å². The normalized spacial score (nSPS) is 15.7. The molecule has 1 N–H and O–H groups in total. The molecule has 0 fully saturated rings. The molecular weight excluding hydrogens is 493 g/mol. The van der Waals surface area contributed by atoms with Crippen LogP contribution in [0.25, 0.3) is 10.9 Å². The largest absolute Gasteiger partial charge is 0.496 e. The lowest BCUT2D eigenvalue weighted by Crippen LogP contribution is -2.09. The fourth-order valence-electron chi connectivity index (χ4n) is 2.72. The molecule has 0 aliphatic rings. The highest BCUT2D eigenvalue weighted by molar-refractivity contribution is 9.09. The molecule has 0 aliphatic carbocycles. The van der Waals surface area contributed by atoms with Crippen LogP contribution in [-0.2, 0) is 0 Å². The molecule has 11 heteroatoms. The van der Waals surface area contributed by atoms with Gasteiger partial charge in [-0.1, -0.05) is 53.0 Å². The summed E-state index contributed by atoms with van der Waals surface area (Å²) in [4.78, 5) is 12.4. The summed E-state index contributed by atoms with van der Waals surface area (Å²) in [5, 5.41) is 0.105. The smallest absolute Gasteiger partial charge is 0.310 e. The molecule has 152 valence electrons. The molecule has 0 bridgehead atoms. The number of ether oxygens (including phenoxy) is 1. The molecule has 1 heterocycles. The Morgan fingerprint density at radius 1 is 1.14 bits per heavy atom. The molecule has 2 aromatic carbocycles. The van der Waals surface area contributed by atoms with Gasteiger partial charge in [-0.25, -0.2) is 0 Å². The summed E-state index contributed by atoms with van der Waals surface area (Å²) in [6.07, 6.45) is 1.18. The van der Waals surface area contributed by atoms with Gasteiger partial charge in [0, 0.05) is 33.2 Å². The van der Waals surface area contributed by atoms with E-state index in [4.69, 9.17) is 16.3 Å². The van der Waals surface area contributed by atoms with Gasteiger partial charge in [0.05, 0.1) is 7.11 Å². The minimum Gasteiger partial charge on any atom is -0.496 e. The summed E-state index contributed by atoms with van der Waals surface area (Å²) >= 11 is 9.09. The fraction of sp³-hybridized carbons (Fsp3) is 0.118. The summed E-state index contributed by atoms with van der Waals surface area (Å²) in [5.74, 6) is -0.346. The van der Waals surface area contributed by atoms with Crippen molar-refractivity contribution in [1.29, 1.82) is 0 Å². The molecule has 1 unspecified atom stereocenters. The number of hydrogen-bond acceptors (Lipinski definition) is 2. The number of alkyl halides is 1. The van der Waals surface area contributed by atoms with Gasteiger partial charge in [0.2, 0.25) is 0 Å². The lowest BCUT2D eigenvalue weighted by Gasteiger charge is -2.40. The molecule has 0 saturated carbocycles. The molecule has 0 saturated heterocycles. The van der Waals surface area contributed by atoms with Crippen molar-refractivity contribution < 1.29 is 29.0 Å². The van der Waals surface area contributed by atoms with E-state index in [9.17, 15) is 24.2 Å². The van der Waals surface area contributed by atoms with E-state index in [1.165, 1.54) is 31.5 Å². The predicted octanol–water partition coefficient (Wildman–Crippen LogP) is 7.81. The van der Waals surface area contributed by atoms with E-state index in [0.29, 0.717) is 22.7 Å². The monoisotopic (exact) mass is 503 g/mol. The van der Waals surface area contributed by atoms with Crippen LogP contribution >= 0.6 is 37.8 Å². The van der Waals surface area contributed by atoms with Crippen LogP contribution in [0.5, 0.6) is 5.75 Å². The van der Waals surface area contributed by atoms with Crippen LogP contribution in [0.2, 0.25) is 5.02 Å². The summed E-state index contributed by atoms with van der Waals surface area (Å²) in [5.41, 5.74) is 0.337. The number of aromatic nitrogens is 1. The fourth-order valence-corrected chi connectivity index (χ4v) is 4.17. The Hall–Kier alpha value is -1.78. The molecule has 3 nitrogen and oxygen atoms in total. The zero-order valence-corrected chi connectivity index (χ0v) is 17.1. The van der Waals surface area contributed by atoms with E-state index in [0.717, 1.165) is 6.07 Å². The quantitative estimate of drug-likeness (QED) is 0.219. The molecule has 0 amide bonds. The minimum atomic E-state index is -9.88. The van der Waals surface area contributed by atoms with Crippen LogP contribution in [0.1, 0.15) is 20.7 Å². The highest BCUT2D eigenvalue weighted by atomic mass is 79.9. The maximum absolute atomic E-state index is 13.1. The Kier molecular flexibility index (Phi) is 4.57. The van der Waals surface area contributed by atoms with Gasteiger partial charge in [0.25, 0.3) is 0 Å². The van der Waals surface area contributed by atoms with E-state index in [1.807, 2.05) is 0 Å². The first-order chi connectivity index (χ1) is 12.7. The third-order valence-corrected chi connectivity index (χ3v) is 6.35. The molecule has 28 heavy (non-hydrogen) atoms. The molecule has 3 rings (SSSR count). The highest BCUT2D eigenvalue weighted by Gasteiger charge is 2.65. The number of hydrogen-bond donors (Lipinski definition) is 1. The van der Waals surface area contributed by atoms with Crippen molar-refractivity contribution in [3.63, 3.8) is 0 Å². The third kappa shape index (κ3) is 3.99. The number of rotatable bonds is 5. The number of H-pyrrole nitrogens is 1. The van der Waals surface area contributed by atoms with E-state index >= 15 is 0 Å². The SMILES string of the molecule is COc1cc(Cl)ccc1C(Br)C(=O)c1c[nH]c2ccc(S(F)(F)(F)(F)F)cc12. The number of Topliss-reactive ketones (excluding diaryl/α,β-unsaturated/α-hetero) is 1. The van der Waals surface area contributed by atoms with E-state index in [1.54, 1.807) is 0 Å². The lowest BCUT2D eigenvalue weighted by molar-refractivity contribution is 0.0992. The molecule has 3 aromatic rings. The molecule has 1 atom stereocenters. The Morgan fingerprint density at radius 2 is 1.82 bits per heavy atom. The van der Waals surface area contributed by atoms with E-state index in [-0.39, 0.29) is 22.2 Å². The molecule has 0 aliphatic heterocycles. The number of fused-ring (bicyclic) bond motifs is 1. The number of nitrogens with one attached hydrogen (secondary N) is 1. The Bertz CT molecular complexity index is 1100. The maximum Gasteiger partial charge on any atom is 0.310 e. The number of carbonyl (C=O) groups is 1. The number of halogens is 7. The van der Waals surface area contributed by atoms with Crippen LogP contribution in [0.3, 0.4) is 0 Å². The molecule has 0 spiro atoms. The van der Waals surface area contributed by atoms with E-state index < -0.39 is 25.7 Å². The molecule has 0 radical (unpaired) electrons. The first kappa shape index (κ1) is 20.9. The van der Waals surface area contributed by atoms with Gasteiger partial charge in [-0.2, -0.15) is 0 Å². The summed E-state index contributed by atoms with van der Waals surface area (Å²) in [6.45, 7) is 0. The minimum absolute atomic E-state index is 0.122. The Labute approximate surface area is 169 Å². The first-order valence-electron chi connectivity index (χ1n) is 7.58. The second-order valence-corrected chi connectivity index (χ2v) is 9.75. The standard InChI is InChI=1S/C17H12BrClF5NO2S/c1-27-15-6-9(19)2-4-11(15)16(18)17(26)13-8-25-14-5-3-10(7-12(13)14)28(20,21,22,23)24/h2-8,16,25H,1H3. The van der Waals surface area contributed by atoms with Gasteiger partial charge in [0.1, 0.15) is 15.5 Å². The number of carbonyl (C=O) groups excluding carboxylic acids is 1. The number of benzene rings is 2. The van der Waals surface area contributed by atoms with Crippen molar-refractivity contribution in [2.24, 2.45) is 0 Å². The first-order valence-corrected chi connectivity index (χ1v) is 10.8. The van der Waals surface area contributed by atoms with Crippen molar-refractivity contribution in [3.8, 4) is 5.75 Å². The Morgan fingerprint density at radius 3 is 2.43 bits per heavy atom. The van der Waals surface area contributed by atoms with Gasteiger partial charge in [-0.15, -0.1) is 0 Å². The maximum atomic E-state index is 13.1. The zero-order chi connectivity index (χ0) is 21.0. The van der Waals surface area contributed by atoms with Crippen LogP contribution in [-0.4, -0.2) is 17.9 Å². The summed E-state index contributed by atoms with van der Waals surface area (Å²) in [6, 6.07) is 5.96. The van der Waals surface area contributed by atoms with Gasteiger partial charge in [-0.05, 0) is 30.3 Å². The Balaban J connectivity index is 2.10. The van der Waals surface area contributed by atoms with Gasteiger partial charge in [-0.3, -0.25) is 4.79 Å². The van der Waals surface area contributed by atoms with Crippen molar-refractivity contribution in [3.05, 3.63) is 58.7 Å². The van der Waals surface area contributed by atoms with Crippen molar-refractivity contribution in [2.45, 2.75) is 9.72 Å². The molecule has 1 aromatic heterocycles. The number of ketones is 1. The second-order valence-electron chi connectivity index (χ2n) is 5.99. The van der Waals surface area contributed by atoms with Crippen LogP contribution in [0, 0.1) is 0 Å². The average Bonchev–Trinajstić information content (AvgIpc) is 3.01. The average molecular weight is 505 g/mol. The number of methoxy groups -OCH3 is 1.